The highest BCUT2D eigenvalue weighted by molar-refractivity contribution is 7.92. The first-order chi connectivity index (χ1) is 15.3. The number of sulfonamides is 1. The van der Waals surface area contributed by atoms with Gasteiger partial charge in [0.25, 0.3) is 5.91 Å². The molecule has 0 unspecified atom stereocenters. The smallest absolute Gasteiger partial charge is 0.276 e. The molecule has 1 heterocycles. The van der Waals surface area contributed by atoms with Gasteiger partial charge in [0.1, 0.15) is 0 Å². The second-order valence-corrected chi connectivity index (χ2v) is 10.0. The molecule has 8 heteroatoms. The number of rotatable bonds is 7. The molecule has 2 aromatic carbocycles. The lowest BCUT2D eigenvalue weighted by Crippen LogP contribution is -2.18. The van der Waals surface area contributed by atoms with Gasteiger partial charge in [-0.1, -0.05) is 31.2 Å². The van der Waals surface area contributed by atoms with Crippen LogP contribution in [0.2, 0.25) is 0 Å². The summed E-state index contributed by atoms with van der Waals surface area (Å²) in [5.41, 5.74) is 6.27. The number of carbonyl (C=O) groups is 1. The van der Waals surface area contributed by atoms with Crippen molar-refractivity contribution in [3.8, 4) is 5.69 Å². The molecule has 0 fully saturated rings. The normalized spacial score (nSPS) is 13.1. The van der Waals surface area contributed by atoms with E-state index >= 15 is 0 Å². The zero-order valence-electron chi connectivity index (χ0n) is 18.6. The summed E-state index contributed by atoms with van der Waals surface area (Å²) in [7, 11) is -3.42. The topological polar surface area (TPSA) is 93.1 Å². The third-order valence-electron chi connectivity index (χ3n) is 5.81. The van der Waals surface area contributed by atoms with Gasteiger partial charge in [0.2, 0.25) is 10.0 Å². The minimum Gasteiger partial charge on any atom is -0.320 e. The number of nitrogens with one attached hydrogen (secondary N) is 2. The number of carbonyl (C=O) groups excluding carboxylic acids is 1. The highest BCUT2D eigenvalue weighted by Gasteiger charge is 2.27. The van der Waals surface area contributed by atoms with E-state index < -0.39 is 10.0 Å². The maximum Gasteiger partial charge on any atom is 0.276 e. The molecular weight excluding hydrogens is 424 g/mol. The third kappa shape index (κ3) is 4.27. The Hall–Kier alpha value is -3.13. The van der Waals surface area contributed by atoms with E-state index in [1.54, 1.807) is 25.1 Å². The van der Waals surface area contributed by atoms with Crippen LogP contribution in [-0.2, 0) is 22.9 Å². The van der Waals surface area contributed by atoms with Gasteiger partial charge in [0, 0.05) is 16.9 Å². The van der Waals surface area contributed by atoms with E-state index in [1.165, 1.54) is 0 Å². The highest BCUT2D eigenvalue weighted by atomic mass is 32.2. The molecule has 32 heavy (non-hydrogen) atoms. The van der Waals surface area contributed by atoms with Gasteiger partial charge in [-0.15, -0.1) is 0 Å². The van der Waals surface area contributed by atoms with Crippen LogP contribution in [0.4, 0.5) is 11.4 Å². The van der Waals surface area contributed by atoms with Gasteiger partial charge < -0.3 is 5.32 Å². The molecule has 2 N–H and O–H groups in total. The van der Waals surface area contributed by atoms with Crippen LogP contribution < -0.4 is 10.0 Å². The Kier molecular flexibility index (Phi) is 6.06. The summed E-state index contributed by atoms with van der Waals surface area (Å²) in [5.74, 6) is -0.238. The zero-order valence-corrected chi connectivity index (χ0v) is 19.4. The molecule has 1 amide bonds. The fourth-order valence-corrected chi connectivity index (χ4v) is 5.37. The fraction of sp³-hybridized carbons (Fsp3) is 0.333. The van der Waals surface area contributed by atoms with Crippen molar-refractivity contribution in [3.63, 3.8) is 0 Å². The van der Waals surface area contributed by atoms with Crippen molar-refractivity contribution in [2.75, 3.05) is 15.8 Å². The summed E-state index contributed by atoms with van der Waals surface area (Å²) in [6.07, 6.45) is 3.23. The summed E-state index contributed by atoms with van der Waals surface area (Å²) in [5, 5.41) is 7.63. The average Bonchev–Trinajstić information content (AvgIpc) is 3.34. The van der Waals surface area contributed by atoms with Crippen molar-refractivity contribution in [3.05, 3.63) is 70.5 Å². The molecular formula is C24H28N4O3S. The lowest BCUT2D eigenvalue weighted by Gasteiger charge is -2.14. The Labute approximate surface area is 188 Å². The first-order valence-electron chi connectivity index (χ1n) is 10.9. The average molecular weight is 453 g/mol. The molecule has 0 spiro atoms. The minimum absolute atomic E-state index is 0.0471. The molecule has 4 rings (SSSR count). The van der Waals surface area contributed by atoms with Crippen LogP contribution in [0, 0.1) is 13.8 Å². The van der Waals surface area contributed by atoms with Gasteiger partial charge in [-0.25, -0.2) is 13.1 Å². The maximum atomic E-state index is 13.2. The molecule has 0 saturated heterocycles. The predicted molar refractivity (Wildman–Crippen MR) is 127 cm³/mol. The quantitative estimate of drug-likeness (QED) is 0.556. The van der Waals surface area contributed by atoms with Gasteiger partial charge in [0.05, 0.1) is 17.1 Å². The molecule has 0 radical (unpaired) electrons. The van der Waals surface area contributed by atoms with E-state index in [1.807, 2.05) is 42.8 Å². The predicted octanol–water partition coefficient (Wildman–Crippen LogP) is 4.38. The number of hydrogen-bond acceptors (Lipinski definition) is 4. The summed E-state index contributed by atoms with van der Waals surface area (Å²) in [6, 6.07) is 13.2. The monoisotopic (exact) mass is 452 g/mol. The van der Waals surface area contributed by atoms with E-state index in [4.69, 9.17) is 0 Å². The molecule has 0 bridgehead atoms. The van der Waals surface area contributed by atoms with E-state index in [0.717, 1.165) is 41.8 Å². The largest absolute Gasteiger partial charge is 0.320 e. The summed E-state index contributed by atoms with van der Waals surface area (Å²) in [4.78, 5) is 13.2. The van der Waals surface area contributed by atoms with Crippen LogP contribution in [-0.4, -0.2) is 29.9 Å². The van der Waals surface area contributed by atoms with Crippen LogP contribution in [0.1, 0.15) is 52.6 Å². The van der Waals surface area contributed by atoms with Crippen molar-refractivity contribution in [2.45, 2.75) is 46.5 Å². The second-order valence-electron chi connectivity index (χ2n) is 8.18. The summed E-state index contributed by atoms with van der Waals surface area (Å²) < 4.78 is 28.9. The standard InChI is InChI=1S/C24H28N4O3S/c1-4-15-32(30,31)27-20-12-8-11-19(17(20)3)25-24(29)23-18-10-7-14-22(18)28(26-23)21-13-6-5-9-16(21)2/h5-6,8-9,11-13,27H,4,7,10,14-15H2,1-3H3,(H,25,29). The lowest BCUT2D eigenvalue weighted by molar-refractivity contribution is 0.102. The number of fused-ring (bicyclic) bond motifs is 1. The number of anilines is 2. The molecule has 7 nitrogen and oxygen atoms in total. The molecule has 3 aromatic rings. The van der Waals surface area contributed by atoms with Crippen molar-refractivity contribution in [1.82, 2.24) is 9.78 Å². The number of hydrogen-bond donors (Lipinski definition) is 2. The number of amides is 1. The van der Waals surface area contributed by atoms with Crippen LogP contribution in [0.5, 0.6) is 0 Å². The number of aromatic nitrogens is 2. The number of para-hydroxylation sites is 1. The lowest BCUT2D eigenvalue weighted by atomic mass is 10.1. The van der Waals surface area contributed by atoms with Gasteiger partial charge in [-0.3, -0.25) is 9.52 Å². The molecule has 0 saturated carbocycles. The van der Waals surface area contributed by atoms with Gasteiger partial charge >= 0.3 is 0 Å². The molecule has 1 aliphatic rings. The maximum absolute atomic E-state index is 13.2. The number of nitrogens with zero attached hydrogens (tertiary/aromatic N) is 2. The van der Waals surface area contributed by atoms with E-state index in [-0.39, 0.29) is 11.7 Å². The van der Waals surface area contributed by atoms with Crippen LogP contribution in [0.15, 0.2) is 42.5 Å². The number of benzene rings is 2. The zero-order chi connectivity index (χ0) is 22.9. The molecule has 0 aliphatic heterocycles. The number of aryl methyl sites for hydroxylation is 1. The Morgan fingerprint density at radius 3 is 2.56 bits per heavy atom. The van der Waals surface area contributed by atoms with Crippen molar-refractivity contribution in [1.29, 1.82) is 0 Å². The van der Waals surface area contributed by atoms with Gasteiger partial charge in [-0.2, -0.15) is 5.10 Å². The fourth-order valence-electron chi connectivity index (χ4n) is 4.17. The Morgan fingerprint density at radius 1 is 1.06 bits per heavy atom. The Balaban J connectivity index is 1.64. The summed E-state index contributed by atoms with van der Waals surface area (Å²) >= 11 is 0. The van der Waals surface area contributed by atoms with Crippen molar-refractivity contribution < 1.29 is 13.2 Å². The Bertz CT molecular complexity index is 1280. The van der Waals surface area contributed by atoms with E-state index in [9.17, 15) is 13.2 Å². The van der Waals surface area contributed by atoms with Crippen LogP contribution in [0.25, 0.3) is 5.69 Å². The first-order valence-corrected chi connectivity index (χ1v) is 12.5. The second kappa shape index (κ2) is 8.78. The van der Waals surface area contributed by atoms with Crippen molar-refractivity contribution in [2.24, 2.45) is 0 Å². The van der Waals surface area contributed by atoms with E-state index in [0.29, 0.717) is 29.1 Å². The highest BCUT2D eigenvalue weighted by Crippen LogP contribution is 2.30. The Morgan fingerprint density at radius 2 is 1.81 bits per heavy atom. The van der Waals surface area contributed by atoms with Crippen molar-refractivity contribution >= 4 is 27.3 Å². The molecule has 1 aromatic heterocycles. The van der Waals surface area contributed by atoms with Crippen LogP contribution in [0.3, 0.4) is 0 Å². The van der Waals surface area contributed by atoms with Gasteiger partial charge in [-0.05, 0) is 68.9 Å². The van der Waals surface area contributed by atoms with Crippen LogP contribution >= 0.6 is 0 Å². The molecule has 0 atom stereocenters. The first kappa shape index (κ1) is 22.1. The summed E-state index contributed by atoms with van der Waals surface area (Å²) in [6.45, 7) is 5.64. The SMILES string of the molecule is CCCS(=O)(=O)Nc1cccc(NC(=O)c2nn(-c3ccccc3C)c3c2CCC3)c1C. The molecule has 1 aliphatic carbocycles. The third-order valence-corrected chi connectivity index (χ3v) is 7.29. The molecule has 168 valence electrons. The van der Waals surface area contributed by atoms with E-state index in [2.05, 4.69) is 15.1 Å². The minimum atomic E-state index is -3.42. The van der Waals surface area contributed by atoms with Gasteiger partial charge in [0.15, 0.2) is 5.69 Å².